The maximum Gasteiger partial charge on any atom is 0.294 e. The van der Waals surface area contributed by atoms with Crippen molar-refractivity contribution in [1.29, 1.82) is 0 Å². The molecule has 0 unspecified atom stereocenters. The highest BCUT2D eigenvalue weighted by Gasteiger charge is 2.21. The van der Waals surface area contributed by atoms with Crippen LogP contribution in [0, 0.1) is 10.1 Å². The van der Waals surface area contributed by atoms with Gasteiger partial charge in [-0.25, -0.2) is 18.1 Å². The van der Waals surface area contributed by atoms with Crippen molar-refractivity contribution in [2.75, 3.05) is 43.6 Å². The molecule has 0 bridgehead atoms. The zero-order valence-electron chi connectivity index (χ0n) is 16.0. The summed E-state index contributed by atoms with van der Waals surface area (Å²) in [7, 11) is -2.53. The van der Waals surface area contributed by atoms with E-state index in [0.29, 0.717) is 18.9 Å². The largest absolute Gasteiger partial charge is 0.378 e. The lowest BCUT2D eigenvalue weighted by atomic mass is 10.2. The van der Waals surface area contributed by atoms with Crippen molar-refractivity contribution in [2.24, 2.45) is 0 Å². The van der Waals surface area contributed by atoms with Gasteiger partial charge < -0.3 is 15.0 Å². The van der Waals surface area contributed by atoms with Crippen LogP contribution in [0.4, 0.5) is 22.2 Å². The number of anilines is 3. The minimum absolute atomic E-state index is 0.171. The SMILES string of the molecule is CNS(=O)(=O)c1ccc(Nc2ccc3nc(N4CCOCC4)sc3c2)c([N+](=O)[O-])c1. The molecule has 1 fully saturated rings. The third kappa shape index (κ3) is 4.07. The van der Waals surface area contributed by atoms with Crippen LogP contribution in [0.15, 0.2) is 41.3 Å². The van der Waals surface area contributed by atoms with Crippen LogP contribution in [0.25, 0.3) is 10.2 Å². The molecule has 2 heterocycles. The number of nitrogens with one attached hydrogen (secondary N) is 2. The topological polar surface area (TPSA) is 127 Å². The second kappa shape index (κ2) is 8.14. The number of thiazole rings is 1. The van der Waals surface area contributed by atoms with Crippen LogP contribution in [-0.4, -0.2) is 51.7 Å². The van der Waals surface area contributed by atoms with E-state index in [0.717, 1.165) is 34.5 Å². The predicted molar refractivity (Wildman–Crippen MR) is 115 cm³/mol. The fourth-order valence-electron chi connectivity index (χ4n) is 3.09. The Morgan fingerprint density at radius 2 is 1.97 bits per heavy atom. The summed E-state index contributed by atoms with van der Waals surface area (Å²) in [5.74, 6) is 0. The summed E-state index contributed by atoms with van der Waals surface area (Å²) in [6.07, 6.45) is 0. The van der Waals surface area contributed by atoms with E-state index in [-0.39, 0.29) is 16.3 Å². The van der Waals surface area contributed by atoms with Gasteiger partial charge in [-0.3, -0.25) is 10.1 Å². The highest BCUT2D eigenvalue weighted by atomic mass is 32.2. The van der Waals surface area contributed by atoms with E-state index < -0.39 is 14.9 Å². The highest BCUT2D eigenvalue weighted by Crippen LogP contribution is 2.34. The van der Waals surface area contributed by atoms with Crippen LogP contribution in [0.3, 0.4) is 0 Å². The normalized spacial score (nSPS) is 14.8. The van der Waals surface area contributed by atoms with Crippen molar-refractivity contribution in [2.45, 2.75) is 4.90 Å². The number of hydrogen-bond donors (Lipinski definition) is 2. The Balaban J connectivity index is 1.64. The number of nitro groups is 1. The van der Waals surface area contributed by atoms with Crippen molar-refractivity contribution in [3.05, 3.63) is 46.5 Å². The number of aromatic nitrogens is 1. The lowest BCUT2D eigenvalue weighted by Crippen LogP contribution is -2.36. The Morgan fingerprint density at radius 1 is 1.20 bits per heavy atom. The van der Waals surface area contributed by atoms with Crippen LogP contribution in [-0.2, 0) is 14.8 Å². The van der Waals surface area contributed by atoms with E-state index in [4.69, 9.17) is 4.74 Å². The molecule has 4 rings (SSSR count). The third-order valence-corrected chi connectivity index (χ3v) is 7.17. The Morgan fingerprint density at radius 3 is 2.67 bits per heavy atom. The Labute approximate surface area is 176 Å². The van der Waals surface area contributed by atoms with E-state index in [1.54, 1.807) is 17.4 Å². The summed E-state index contributed by atoms with van der Waals surface area (Å²) in [5, 5.41) is 15.4. The van der Waals surface area contributed by atoms with Crippen molar-refractivity contribution in [3.8, 4) is 0 Å². The minimum Gasteiger partial charge on any atom is -0.378 e. The number of fused-ring (bicyclic) bond motifs is 1. The highest BCUT2D eigenvalue weighted by molar-refractivity contribution is 7.89. The first kappa shape index (κ1) is 20.5. The Hall–Kier alpha value is -2.80. The summed E-state index contributed by atoms with van der Waals surface area (Å²) < 4.78 is 32.4. The lowest BCUT2D eigenvalue weighted by Gasteiger charge is -2.25. The zero-order chi connectivity index (χ0) is 21.3. The van der Waals surface area contributed by atoms with E-state index in [1.165, 1.54) is 19.2 Å². The molecule has 0 spiro atoms. The van der Waals surface area contributed by atoms with Gasteiger partial charge in [0.1, 0.15) is 5.69 Å². The summed E-state index contributed by atoms with van der Waals surface area (Å²) in [4.78, 5) is 17.5. The smallest absolute Gasteiger partial charge is 0.294 e. The molecule has 158 valence electrons. The molecule has 2 N–H and O–H groups in total. The molecule has 0 saturated carbocycles. The number of morpholine rings is 1. The molecule has 1 aliphatic heterocycles. The minimum atomic E-state index is -3.78. The van der Waals surface area contributed by atoms with Gasteiger partial charge in [-0.15, -0.1) is 0 Å². The Kier molecular flexibility index (Phi) is 5.56. The number of nitro benzene ring substituents is 1. The fraction of sp³-hybridized carbons (Fsp3) is 0.278. The van der Waals surface area contributed by atoms with Gasteiger partial charge in [0.05, 0.1) is 33.2 Å². The zero-order valence-corrected chi connectivity index (χ0v) is 17.6. The van der Waals surface area contributed by atoms with Crippen LogP contribution in [0.1, 0.15) is 0 Å². The molecule has 3 aromatic rings. The van der Waals surface area contributed by atoms with Crippen molar-refractivity contribution >= 4 is 53.8 Å². The van der Waals surface area contributed by atoms with E-state index >= 15 is 0 Å². The van der Waals surface area contributed by atoms with E-state index in [2.05, 4.69) is 19.9 Å². The molecule has 10 nitrogen and oxygen atoms in total. The van der Waals surface area contributed by atoms with E-state index in [9.17, 15) is 18.5 Å². The van der Waals surface area contributed by atoms with Gasteiger partial charge in [0, 0.05) is 24.8 Å². The van der Waals surface area contributed by atoms with Crippen LogP contribution in [0.2, 0.25) is 0 Å². The quantitative estimate of drug-likeness (QED) is 0.434. The molecule has 0 amide bonds. The molecule has 1 aliphatic rings. The van der Waals surface area contributed by atoms with Crippen LogP contribution >= 0.6 is 11.3 Å². The molecule has 30 heavy (non-hydrogen) atoms. The number of sulfonamides is 1. The van der Waals surface area contributed by atoms with Crippen molar-refractivity contribution in [3.63, 3.8) is 0 Å². The fourth-order valence-corrected chi connectivity index (χ4v) is 4.90. The van der Waals surface area contributed by atoms with Gasteiger partial charge in [-0.1, -0.05) is 11.3 Å². The lowest BCUT2D eigenvalue weighted by molar-refractivity contribution is -0.384. The summed E-state index contributed by atoms with van der Waals surface area (Å²) in [6.45, 7) is 2.93. The van der Waals surface area contributed by atoms with Gasteiger partial charge in [-0.05, 0) is 37.4 Å². The number of nitrogens with zero attached hydrogens (tertiary/aromatic N) is 3. The molecular weight excluding hydrogens is 430 g/mol. The number of ether oxygens (including phenoxy) is 1. The molecule has 0 atom stereocenters. The first-order valence-corrected chi connectivity index (χ1v) is 11.4. The monoisotopic (exact) mass is 449 g/mol. The summed E-state index contributed by atoms with van der Waals surface area (Å²) >= 11 is 1.55. The van der Waals surface area contributed by atoms with Gasteiger partial charge in [0.25, 0.3) is 5.69 Å². The predicted octanol–water partition coefficient (Wildman–Crippen LogP) is 2.69. The first-order valence-electron chi connectivity index (χ1n) is 9.10. The molecule has 12 heteroatoms. The number of rotatable bonds is 6. The molecule has 1 aromatic heterocycles. The van der Waals surface area contributed by atoms with E-state index in [1.807, 2.05) is 12.1 Å². The molecule has 0 aliphatic carbocycles. The van der Waals surface area contributed by atoms with Crippen molar-refractivity contribution < 1.29 is 18.1 Å². The number of benzene rings is 2. The molecule has 0 radical (unpaired) electrons. The van der Waals surface area contributed by atoms with Crippen LogP contribution < -0.4 is 14.9 Å². The third-order valence-electron chi connectivity index (χ3n) is 4.68. The maximum atomic E-state index is 12.0. The molecular formula is C18H19N5O5S2. The first-order chi connectivity index (χ1) is 14.4. The second-order valence-corrected chi connectivity index (χ2v) is 9.44. The maximum absolute atomic E-state index is 12.0. The van der Waals surface area contributed by atoms with Crippen LogP contribution in [0.5, 0.6) is 0 Å². The standard InChI is InChI=1S/C18H19N5O5S2/c1-19-30(26,27)13-3-5-14(16(11-13)23(24)25)20-12-2-4-15-17(10-12)29-18(21-15)22-6-8-28-9-7-22/h2-5,10-11,19-20H,6-9H2,1H3. The second-order valence-electron chi connectivity index (χ2n) is 6.55. The van der Waals surface area contributed by atoms with Gasteiger partial charge in [0.2, 0.25) is 10.0 Å². The summed E-state index contributed by atoms with van der Waals surface area (Å²) in [5.41, 5.74) is 1.36. The number of hydrogen-bond acceptors (Lipinski definition) is 9. The van der Waals surface area contributed by atoms with Crippen molar-refractivity contribution in [1.82, 2.24) is 9.71 Å². The van der Waals surface area contributed by atoms with Gasteiger partial charge in [0.15, 0.2) is 5.13 Å². The van der Waals surface area contributed by atoms with Gasteiger partial charge >= 0.3 is 0 Å². The summed E-state index contributed by atoms with van der Waals surface area (Å²) in [6, 6.07) is 9.26. The van der Waals surface area contributed by atoms with Gasteiger partial charge in [-0.2, -0.15) is 0 Å². The average molecular weight is 450 g/mol. The Bertz CT molecular complexity index is 1200. The average Bonchev–Trinajstić information content (AvgIpc) is 3.18. The molecule has 2 aromatic carbocycles. The molecule has 1 saturated heterocycles.